The maximum absolute atomic E-state index is 12.3. The number of ketones is 1. The van der Waals surface area contributed by atoms with Crippen molar-refractivity contribution in [2.45, 2.75) is 5.92 Å². The van der Waals surface area contributed by atoms with Crippen molar-refractivity contribution < 1.29 is 4.79 Å². The summed E-state index contributed by atoms with van der Waals surface area (Å²) >= 11 is 11.8. The van der Waals surface area contributed by atoms with Gasteiger partial charge in [0.05, 0.1) is 17.8 Å². The van der Waals surface area contributed by atoms with E-state index < -0.39 is 5.92 Å². The van der Waals surface area contributed by atoms with Crippen LogP contribution in [0.3, 0.4) is 0 Å². The van der Waals surface area contributed by atoms with Gasteiger partial charge in [0, 0.05) is 23.3 Å². The van der Waals surface area contributed by atoms with Gasteiger partial charge in [-0.1, -0.05) is 29.3 Å². The zero-order chi connectivity index (χ0) is 14.0. The third-order valence-electron chi connectivity index (χ3n) is 2.65. The van der Waals surface area contributed by atoms with E-state index in [1.165, 1.54) is 16.9 Å². The van der Waals surface area contributed by atoms with Gasteiger partial charge >= 0.3 is 0 Å². The number of nitrogens with zero attached hydrogens (tertiary/aromatic N) is 3. The molecule has 0 N–H and O–H groups in total. The summed E-state index contributed by atoms with van der Waals surface area (Å²) in [6, 6.07) is 6.68. The average Bonchev–Trinajstić information content (AvgIpc) is 2.79. The molecule has 1 atom stereocenters. The van der Waals surface area contributed by atoms with E-state index >= 15 is 0 Å². The van der Waals surface area contributed by atoms with Crippen molar-refractivity contribution in [2.75, 3.05) is 0 Å². The summed E-state index contributed by atoms with van der Waals surface area (Å²) in [7, 11) is 1.70. The summed E-state index contributed by atoms with van der Waals surface area (Å²) in [5, 5.41) is 13.9. The first-order valence-electron chi connectivity index (χ1n) is 5.40. The largest absolute Gasteiger partial charge is 0.292 e. The predicted molar refractivity (Wildman–Crippen MR) is 72.4 cm³/mol. The van der Waals surface area contributed by atoms with Gasteiger partial charge in [0.25, 0.3) is 0 Å². The second-order valence-corrected chi connectivity index (χ2v) is 4.84. The van der Waals surface area contributed by atoms with Gasteiger partial charge in [0.15, 0.2) is 5.78 Å². The van der Waals surface area contributed by atoms with Gasteiger partial charge in [-0.05, 0) is 17.7 Å². The van der Waals surface area contributed by atoms with Gasteiger partial charge in [-0.25, -0.2) is 0 Å². The number of benzene rings is 1. The third kappa shape index (κ3) is 2.78. The van der Waals surface area contributed by atoms with Gasteiger partial charge < -0.3 is 0 Å². The number of halogens is 2. The van der Waals surface area contributed by atoms with E-state index in [1.807, 2.05) is 6.07 Å². The van der Waals surface area contributed by atoms with Crippen molar-refractivity contribution in [2.24, 2.45) is 7.05 Å². The van der Waals surface area contributed by atoms with Crippen LogP contribution in [0.15, 0.2) is 30.6 Å². The molecule has 19 heavy (non-hydrogen) atoms. The van der Waals surface area contributed by atoms with Crippen molar-refractivity contribution in [3.05, 3.63) is 51.8 Å². The zero-order valence-corrected chi connectivity index (χ0v) is 11.5. The maximum Gasteiger partial charge on any atom is 0.187 e. The second-order valence-electron chi connectivity index (χ2n) is 3.99. The molecule has 1 heterocycles. The fourth-order valence-electron chi connectivity index (χ4n) is 1.72. The Bertz CT molecular complexity index is 673. The quantitative estimate of drug-likeness (QED) is 0.817. The monoisotopic (exact) mass is 293 g/mol. The van der Waals surface area contributed by atoms with E-state index in [0.717, 1.165) is 0 Å². The number of Topliss-reactive ketones (excluding diaryl/α,β-unsaturated/α-hetero) is 1. The molecule has 0 aliphatic rings. The summed E-state index contributed by atoms with van der Waals surface area (Å²) < 4.78 is 1.51. The number of aromatic nitrogens is 2. The van der Waals surface area contributed by atoms with Crippen LogP contribution in [0.5, 0.6) is 0 Å². The van der Waals surface area contributed by atoms with Crippen LogP contribution in [-0.2, 0) is 7.05 Å². The second kappa shape index (κ2) is 5.43. The predicted octanol–water partition coefficient (Wildman–Crippen LogP) is 3.22. The number of carbonyl (C=O) groups excluding carboxylic acids is 1. The fourth-order valence-corrected chi connectivity index (χ4v) is 2.24. The molecule has 4 nitrogen and oxygen atoms in total. The van der Waals surface area contributed by atoms with Crippen LogP contribution in [0.2, 0.25) is 10.0 Å². The molecule has 0 fully saturated rings. The van der Waals surface area contributed by atoms with E-state index in [4.69, 9.17) is 23.2 Å². The van der Waals surface area contributed by atoms with Crippen LogP contribution in [0, 0.1) is 11.3 Å². The van der Waals surface area contributed by atoms with Gasteiger partial charge in [-0.2, -0.15) is 10.4 Å². The molecule has 0 aliphatic carbocycles. The van der Waals surface area contributed by atoms with E-state index in [2.05, 4.69) is 5.10 Å². The normalized spacial score (nSPS) is 11.9. The number of aryl methyl sites for hydroxylation is 1. The Morgan fingerprint density at radius 3 is 2.74 bits per heavy atom. The SMILES string of the molecule is Cn1cc(C(=O)C(C#N)c2ccc(Cl)cc2Cl)cn1. The Morgan fingerprint density at radius 1 is 1.47 bits per heavy atom. The van der Waals surface area contributed by atoms with Crippen LogP contribution in [0.25, 0.3) is 0 Å². The molecule has 6 heteroatoms. The van der Waals surface area contributed by atoms with Crippen molar-refractivity contribution in [3.63, 3.8) is 0 Å². The number of nitriles is 1. The average molecular weight is 294 g/mol. The van der Waals surface area contributed by atoms with Crippen molar-refractivity contribution >= 4 is 29.0 Å². The number of hydrogen-bond acceptors (Lipinski definition) is 3. The molecule has 0 saturated carbocycles. The molecule has 1 aromatic carbocycles. The Morgan fingerprint density at radius 2 is 2.21 bits per heavy atom. The highest BCUT2D eigenvalue weighted by Crippen LogP contribution is 2.29. The Labute approximate surface area is 120 Å². The minimum atomic E-state index is -0.964. The van der Waals surface area contributed by atoms with Gasteiger partial charge in [0.1, 0.15) is 5.92 Å². The molecule has 0 spiro atoms. The first-order chi connectivity index (χ1) is 9.02. The minimum absolute atomic E-state index is 0.302. The van der Waals surface area contributed by atoms with Gasteiger partial charge in [0.2, 0.25) is 0 Å². The lowest BCUT2D eigenvalue weighted by atomic mass is 9.93. The van der Waals surface area contributed by atoms with E-state index in [-0.39, 0.29) is 5.78 Å². The van der Waals surface area contributed by atoms with Crippen LogP contribution in [0.1, 0.15) is 21.8 Å². The maximum atomic E-state index is 12.3. The van der Waals surface area contributed by atoms with E-state index in [9.17, 15) is 10.1 Å². The molecule has 0 saturated heterocycles. The van der Waals surface area contributed by atoms with Gasteiger partial charge in [-0.15, -0.1) is 0 Å². The highest BCUT2D eigenvalue weighted by Gasteiger charge is 2.25. The molecule has 1 aromatic heterocycles. The molecule has 2 rings (SSSR count). The fraction of sp³-hybridized carbons (Fsp3) is 0.154. The van der Waals surface area contributed by atoms with Crippen LogP contribution in [-0.4, -0.2) is 15.6 Å². The molecule has 0 amide bonds. The Balaban J connectivity index is 2.40. The summed E-state index contributed by atoms with van der Waals surface area (Å²) in [4.78, 5) is 12.3. The van der Waals surface area contributed by atoms with Crippen molar-refractivity contribution in [1.82, 2.24) is 9.78 Å². The van der Waals surface area contributed by atoms with Crippen molar-refractivity contribution in [3.8, 4) is 6.07 Å². The number of hydrogen-bond donors (Lipinski definition) is 0. The lowest BCUT2D eigenvalue weighted by Gasteiger charge is -2.09. The van der Waals surface area contributed by atoms with Gasteiger partial charge in [-0.3, -0.25) is 9.48 Å². The highest BCUT2D eigenvalue weighted by atomic mass is 35.5. The third-order valence-corrected chi connectivity index (χ3v) is 3.22. The molecule has 0 radical (unpaired) electrons. The molecule has 96 valence electrons. The minimum Gasteiger partial charge on any atom is -0.292 e. The highest BCUT2D eigenvalue weighted by molar-refractivity contribution is 6.35. The first-order valence-corrected chi connectivity index (χ1v) is 6.16. The molecule has 0 bridgehead atoms. The topological polar surface area (TPSA) is 58.7 Å². The number of carbonyl (C=O) groups is 1. The zero-order valence-electron chi connectivity index (χ0n) is 9.97. The molecule has 0 aliphatic heterocycles. The molecular weight excluding hydrogens is 285 g/mol. The van der Waals surface area contributed by atoms with Crippen molar-refractivity contribution in [1.29, 1.82) is 5.26 Å². The standard InChI is InChI=1S/C13H9Cl2N3O/c1-18-7-8(6-17-18)13(19)11(5-16)10-3-2-9(14)4-12(10)15/h2-4,6-7,11H,1H3. The molecular formula is C13H9Cl2N3O. The first kappa shape index (κ1) is 13.6. The molecule has 2 aromatic rings. The summed E-state index contributed by atoms with van der Waals surface area (Å²) in [6.45, 7) is 0. The summed E-state index contributed by atoms with van der Waals surface area (Å²) in [5.74, 6) is -1.30. The number of rotatable bonds is 3. The Kier molecular flexibility index (Phi) is 3.89. The Hall–Kier alpha value is -1.83. The van der Waals surface area contributed by atoms with Crippen LogP contribution < -0.4 is 0 Å². The lowest BCUT2D eigenvalue weighted by Crippen LogP contribution is -2.11. The summed E-state index contributed by atoms with van der Waals surface area (Å²) in [5.41, 5.74) is 0.822. The lowest BCUT2D eigenvalue weighted by molar-refractivity contribution is 0.0979. The van der Waals surface area contributed by atoms with Crippen LogP contribution >= 0.6 is 23.2 Å². The van der Waals surface area contributed by atoms with E-state index in [0.29, 0.717) is 21.2 Å². The van der Waals surface area contributed by atoms with Crippen LogP contribution in [0.4, 0.5) is 0 Å². The van der Waals surface area contributed by atoms with E-state index in [1.54, 1.807) is 25.4 Å². The smallest absolute Gasteiger partial charge is 0.187 e. The molecule has 1 unspecified atom stereocenters. The summed E-state index contributed by atoms with van der Waals surface area (Å²) in [6.07, 6.45) is 2.99.